The van der Waals surface area contributed by atoms with Crippen molar-refractivity contribution in [2.75, 3.05) is 0 Å². The molecule has 0 aromatic carbocycles. The highest BCUT2D eigenvalue weighted by Gasteiger charge is 2.09. The van der Waals surface area contributed by atoms with Crippen LogP contribution < -0.4 is 0 Å². The van der Waals surface area contributed by atoms with Crippen LogP contribution in [0.2, 0.25) is 0 Å². The second-order valence-electron chi connectivity index (χ2n) is 1.26. The van der Waals surface area contributed by atoms with Crippen molar-refractivity contribution in [2.24, 2.45) is 0 Å². The molecule has 0 heterocycles. The zero-order valence-corrected chi connectivity index (χ0v) is 4.97. The van der Waals surface area contributed by atoms with E-state index in [4.69, 9.17) is 5.11 Å². The van der Waals surface area contributed by atoms with Gasteiger partial charge in [-0.05, 0) is 0 Å². The lowest BCUT2D eigenvalue weighted by Gasteiger charge is -1.94. The van der Waals surface area contributed by atoms with Crippen LogP contribution in [-0.4, -0.2) is 22.6 Å². The Balaban J connectivity index is 3.46. The Labute approximate surface area is 52.1 Å². The Kier molecular flexibility index (Phi) is 3.26. The van der Waals surface area contributed by atoms with Crippen molar-refractivity contribution in [3.63, 3.8) is 0 Å². The largest absolute Gasteiger partial charge is 0.480 e. The SMILES string of the molecule is O=CCC(S)C(=O)O. The Morgan fingerprint density at radius 3 is 2.50 bits per heavy atom. The van der Waals surface area contributed by atoms with Gasteiger partial charge in [-0.25, -0.2) is 0 Å². The average molecular weight is 134 g/mol. The first kappa shape index (κ1) is 7.49. The highest BCUT2D eigenvalue weighted by molar-refractivity contribution is 7.81. The number of aldehydes is 1. The summed E-state index contributed by atoms with van der Waals surface area (Å²) in [6.45, 7) is 0. The van der Waals surface area contributed by atoms with Crippen LogP contribution in [-0.2, 0) is 9.59 Å². The lowest BCUT2D eigenvalue weighted by Crippen LogP contribution is -2.13. The first-order chi connectivity index (χ1) is 3.68. The van der Waals surface area contributed by atoms with Crippen molar-refractivity contribution in [2.45, 2.75) is 11.7 Å². The summed E-state index contributed by atoms with van der Waals surface area (Å²) in [5.41, 5.74) is 0. The van der Waals surface area contributed by atoms with Gasteiger partial charge in [-0.15, -0.1) is 0 Å². The number of thiol groups is 1. The fraction of sp³-hybridized carbons (Fsp3) is 0.500. The van der Waals surface area contributed by atoms with Gasteiger partial charge in [0.15, 0.2) is 0 Å². The molecule has 1 unspecified atom stereocenters. The van der Waals surface area contributed by atoms with Gasteiger partial charge in [-0.2, -0.15) is 12.6 Å². The average Bonchev–Trinajstić information content (AvgIpc) is 1.67. The molecule has 0 fully saturated rings. The maximum Gasteiger partial charge on any atom is 0.316 e. The van der Waals surface area contributed by atoms with Crippen LogP contribution in [0, 0.1) is 0 Å². The fourth-order valence-corrected chi connectivity index (χ4v) is 0.278. The second-order valence-corrected chi connectivity index (χ2v) is 1.88. The summed E-state index contributed by atoms with van der Waals surface area (Å²) >= 11 is 3.57. The van der Waals surface area contributed by atoms with E-state index in [1.165, 1.54) is 0 Å². The molecule has 0 aliphatic carbocycles. The Morgan fingerprint density at radius 1 is 1.88 bits per heavy atom. The van der Waals surface area contributed by atoms with Gasteiger partial charge in [0.1, 0.15) is 11.5 Å². The highest BCUT2D eigenvalue weighted by atomic mass is 32.1. The van der Waals surface area contributed by atoms with Crippen molar-refractivity contribution in [3.8, 4) is 0 Å². The van der Waals surface area contributed by atoms with Gasteiger partial charge in [0.25, 0.3) is 0 Å². The van der Waals surface area contributed by atoms with Gasteiger partial charge in [0.05, 0.1) is 0 Å². The molecule has 0 aromatic heterocycles. The number of aliphatic carboxylic acids is 1. The molecule has 8 heavy (non-hydrogen) atoms. The zero-order chi connectivity index (χ0) is 6.57. The number of carboxylic acid groups (broad SMARTS) is 1. The van der Waals surface area contributed by atoms with E-state index < -0.39 is 11.2 Å². The smallest absolute Gasteiger partial charge is 0.316 e. The van der Waals surface area contributed by atoms with Gasteiger partial charge >= 0.3 is 5.97 Å². The van der Waals surface area contributed by atoms with Gasteiger partial charge in [-0.1, -0.05) is 0 Å². The van der Waals surface area contributed by atoms with E-state index in [1.807, 2.05) is 0 Å². The normalized spacial score (nSPS) is 12.6. The zero-order valence-electron chi connectivity index (χ0n) is 4.07. The molecule has 0 aliphatic rings. The van der Waals surface area contributed by atoms with E-state index in [9.17, 15) is 9.59 Å². The monoisotopic (exact) mass is 134 g/mol. The van der Waals surface area contributed by atoms with Crippen LogP contribution >= 0.6 is 12.6 Å². The molecule has 0 radical (unpaired) electrons. The van der Waals surface area contributed by atoms with Crippen molar-refractivity contribution in [1.82, 2.24) is 0 Å². The van der Waals surface area contributed by atoms with Gasteiger partial charge in [0, 0.05) is 6.42 Å². The minimum Gasteiger partial charge on any atom is -0.480 e. The van der Waals surface area contributed by atoms with Gasteiger partial charge < -0.3 is 9.90 Å². The van der Waals surface area contributed by atoms with Crippen LogP contribution in [0.3, 0.4) is 0 Å². The standard InChI is InChI=1S/C4H6O3S/c5-2-1-3(8)4(6)7/h2-3,8H,1H2,(H,6,7). The summed E-state index contributed by atoms with van der Waals surface area (Å²) in [6, 6.07) is 0. The molecule has 1 N–H and O–H groups in total. The molecule has 0 spiro atoms. The third kappa shape index (κ3) is 2.63. The molecule has 4 heteroatoms. The molecular formula is C4H6O3S. The first-order valence-corrected chi connectivity index (χ1v) is 2.54. The quantitative estimate of drug-likeness (QED) is 0.420. The second kappa shape index (κ2) is 3.49. The summed E-state index contributed by atoms with van der Waals surface area (Å²) in [5.74, 6) is -1.06. The molecule has 0 aliphatic heterocycles. The van der Waals surface area contributed by atoms with Crippen molar-refractivity contribution in [3.05, 3.63) is 0 Å². The topological polar surface area (TPSA) is 54.4 Å². The van der Waals surface area contributed by atoms with E-state index >= 15 is 0 Å². The van der Waals surface area contributed by atoms with Crippen LogP contribution in [0.1, 0.15) is 6.42 Å². The minimum atomic E-state index is -1.06. The molecule has 3 nitrogen and oxygen atoms in total. The lowest BCUT2D eigenvalue weighted by atomic mass is 10.3. The predicted octanol–water partition coefficient (Wildman–Crippen LogP) is -0.0416. The van der Waals surface area contributed by atoms with Crippen molar-refractivity contribution >= 4 is 24.9 Å². The Hall–Kier alpha value is -0.510. The molecule has 0 amide bonds. The molecular weight excluding hydrogens is 128 g/mol. The maximum atomic E-state index is 9.85. The summed E-state index contributed by atoms with van der Waals surface area (Å²) in [4.78, 5) is 19.5. The van der Waals surface area contributed by atoms with Crippen molar-refractivity contribution in [1.29, 1.82) is 0 Å². The summed E-state index contributed by atoms with van der Waals surface area (Å²) in [7, 11) is 0. The molecule has 46 valence electrons. The summed E-state index contributed by atoms with van der Waals surface area (Å²) in [6.07, 6.45) is 0.504. The van der Waals surface area contributed by atoms with Crippen LogP contribution in [0.25, 0.3) is 0 Å². The van der Waals surface area contributed by atoms with Gasteiger partial charge in [0.2, 0.25) is 0 Å². The molecule has 0 rings (SSSR count). The number of hydrogen-bond donors (Lipinski definition) is 2. The van der Waals surface area contributed by atoms with Crippen LogP contribution in [0.5, 0.6) is 0 Å². The number of carbonyl (C=O) groups excluding carboxylic acids is 1. The minimum absolute atomic E-state index is 0.0293. The number of hydrogen-bond acceptors (Lipinski definition) is 3. The predicted molar refractivity (Wildman–Crippen MR) is 31.1 cm³/mol. The lowest BCUT2D eigenvalue weighted by molar-refractivity contribution is -0.137. The molecule has 1 atom stereocenters. The number of carboxylic acids is 1. The van der Waals surface area contributed by atoms with Gasteiger partial charge in [-0.3, -0.25) is 4.79 Å². The van der Waals surface area contributed by atoms with Crippen LogP contribution in [0.15, 0.2) is 0 Å². The maximum absolute atomic E-state index is 9.85. The Bertz CT molecular complexity index is 101. The van der Waals surface area contributed by atoms with E-state index in [2.05, 4.69) is 12.6 Å². The van der Waals surface area contributed by atoms with Crippen LogP contribution in [0.4, 0.5) is 0 Å². The van der Waals surface area contributed by atoms with E-state index in [-0.39, 0.29) is 6.42 Å². The summed E-state index contributed by atoms with van der Waals surface area (Å²) < 4.78 is 0. The first-order valence-electron chi connectivity index (χ1n) is 2.03. The molecule has 0 bridgehead atoms. The van der Waals surface area contributed by atoms with E-state index in [0.717, 1.165) is 0 Å². The molecule has 0 saturated carbocycles. The van der Waals surface area contributed by atoms with Crippen molar-refractivity contribution < 1.29 is 14.7 Å². The third-order valence-electron chi connectivity index (χ3n) is 0.605. The fourth-order valence-electron chi connectivity index (χ4n) is 0.192. The Morgan fingerprint density at radius 2 is 2.38 bits per heavy atom. The molecule has 0 aromatic rings. The summed E-state index contributed by atoms with van der Waals surface area (Å²) in [5, 5.41) is 7.24. The third-order valence-corrected chi connectivity index (χ3v) is 1.04. The van der Waals surface area contributed by atoms with E-state index in [0.29, 0.717) is 6.29 Å². The highest BCUT2D eigenvalue weighted by Crippen LogP contribution is 1.96. The number of carbonyl (C=O) groups is 2. The number of rotatable bonds is 3. The molecule has 0 saturated heterocycles. The van der Waals surface area contributed by atoms with E-state index in [1.54, 1.807) is 0 Å².